The van der Waals surface area contributed by atoms with Crippen molar-refractivity contribution in [3.8, 4) is 17.1 Å². The van der Waals surface area contributed by atoms with Crippen LogP contribution in [0.25, 0.3) is 11.4 Å². The number of hydrogen-bond donors (Lipinski definition) is 0. The number of rotatable bonds is 9. The minimum Gasteiger partial charge on any atom is -0.491 e. The molecule has 1 atom stereocenters. The predicted molar refractivity (Wildman–Crippen MR) is 154 cm³/mol. The quantitative estimate of drug-likeness (QED) is 0.287. The second-order valence-corrected chi connectivity index (χ2v) is 13.8. The minimum absolute atomic E-state index is 0.0237. The van der Waals surface area contributed by atoms with Crippen LogP contribution in [-0.2, 0) is 10.2 Å². The van der Waals surface area contributed by atoms with E-state index in [4.69, 9.17) is 14.2 Å². The third-order valence-corrected chi connectivity index (χ3v) is 11.2. The highest BCUT2D eigenvalue weighted by Gasteiger charge is 2.62. The predicted octanol–water partition coefficient (Wildman–Crippen LogP) is 6.57. The molecule has 10 rings (SSSR count). The zero-order chi connectivity index (χ0) is 28.5. The molecule has 7 aliphatic carbocycles. The second kappa shape index (κ2) is 9.58. The van der Waals surface area contributed by atoms with E-state index < -0.39 is 11.6 Å². The molecule has 0 N–H and O–H groups in total. The van der Waals surface area contributed by atoms with E-state index in [9.17, 15) is 9.18 Å². The Morgan fingerprint density at radius 1 is 1.07 bits per heavy atom. The summed E-state index contributed by atoms with van der Waals surface area (Å²) in [6, 6.07) is 7.97. The molecule has 220 valence electrons. The standard InChI is InChI=1S/C33H38FN5O3/c1-2-41-25-18-35-27(36-19-25)22-4-3-5-24(14-22)39(30(40)33-15-23(16-33)26(34)17-33)20-31-8-11-32(12-9-31,13-10-31)29-37-28(38-42-29)21-6-7-21/h3-5,14,18-19,21,23,26H,2,6-13,15-17,20H2,1H3. The maximum absolute atomic E-state index is 14.7. The van der Waals surface area contributed by atoms with Crippen LogP contribution >= 0.6 is 0 Å². The lowest BCUT2D eigenvalue weighted by Gasteiger charge is -2.54. The van der Waals surface area contributed by atoms with Crippen molar-refractivity contribution in [3.05, 3.63) is 48.4 Å². The molecule has 9 heteroatoms. The zero-order valence-electron chi connectivity index (χ0n) is 24.2. The molecule has 1 unspecified atom stereocenters. The summed E-state index contributed by atoms with van der Waals surface area (Å²) in [6.45, 7) is 3.13. The van der Waals surface area contributed by atoms with Gasteiger partial charge in [-0.2, -0.15) is 4.98 Å². The molecular formula is C33H38FN5O3. The number of benzene rings is 1. The maximum atomic E-state index is 14.7. The summed E-state index contributed by atoms with van der Waals surface area (Å²) in [5.41, 5.74) is 1.11. The summed E-state index contributed by atoms with van der Waals surface area (Å²) < 4.78 is 26.0. The van der Waals surface area contributed by atoms with Gasteiger partial charge in [-0.3, -0.25) is 4.79 Å². The molecule has 0 aliphatic heterocycles. The molecule has 2 aromatic heterocycles. The molecule has 4 bridgehead atoms. The van der Waals surface area contributed by atoms with Crippen LogP contribution < -0.4 is 9.64 Å². The lowest BCUT2D eigenvalue weighted by molar-refractivity contribution is -0.132. The van der Waals surface area contributed by atoms with Crippen LogP contribution in [0.3, 0.4) is 0 Å². The molecule has 1 aromatic carbocycles. The fourth-order valence-electron chi connectivity index (χ4n) is 8.37. The summed E-state index contributed by atoms with van der Waals surface area (Å²) in [7, 11) is 0. The van der Waals surface area contributed by atoms with Crippen LogP contribution in [0.4, 0.5) is 10.1 Å². The van der Waals surface area contributed by atoms with Crippen LogP contribution in [0.5, 0.6) is 5.75 Å². The first kappa shape index (κ1) is 26.3. The van der Waals surface area contributed by atoms with Gasteiger partial charge in [-0.25, -0.2) is 14.4 Å². The van der Waals surface area contributed by atoms with Crippen molar-refractivity contribution in [1.29, 1.82) is 0 Å². The van der Waals surface area contributed by atoms with E-state index in [1.54, 1.807) is 12.4 Å². The summed E-state index contributed by atoms with van der Waals surface area (Å²) in [5.74, 6) is 3.54. The van der Waals surface area contributed by atoms with Gasteiger partial charge in [-0.05, 0) is 101 Å². The van der Waals surface area contributed by atoms with Gasteiger partial charge in [-0.1, -0.05) is 17.3 Å². The van der Waals surface area contributed by atoms with Crippen molar-refractivity contribution in [3.63, 3.8) is 0 Å². The largest absolute Gasteiger partial charge is 0.491 e. The monoisotopic (exact) mass is 571 g/mol. The molecule has 3 aromatic rings. The third kappa shape index (κ3) is 4.25. The Labute approximate surface area is 245 Å². The molecular weight excluding hydrogens is 533 g/mol. The lowest BCUT2D eigenvalue weighted by atomic mass is 9.53. The van der Waals surface area contributed by atoms with Crippen LogP contribution in [-0.4, -0.2) is 45.3 Å². The maximum Gasteiger partial charge on any atom is 0.233 e. The molecule has 0 radical (unpaired) electrons. The molecule has 0 spiro atoms. The topological polar surface area (TPSA) is 94.2 Å². The number of nitrogens with zero attached hydrogens (tertiary/aromatic N) is 5. The summed E-state index contributed by atoms with van der Waals surface area (Å²) in [4.78, 5) is 30.3. The first-order chi connectivity index (χ1) is 20.4. The number of alkyl halides is 1. The molecule has 42 heavy (non-hydrogen) atoms. The average Bonchev–Trinajstić information content (AvgIpc) is 3.49. The van der Waals surface area contributed by atoms with Gasteiger partial charge in [0, 0.05) is 29.1 Å². The molecule has 2 heterocycles. The molecule has 7 fully saturated rings. The number of carbonyl (C=O) groups is 1. The van der Waals surface area contributed by atoms with Gasteiger partial charge in [0.2, 0.25) is 11.8 Å². The smallest absolute Gasteiger partial charge is 0.233 e. The molecule has 7 saturated carbocycles. The lowest BCUT2D eigenvalue weighted by Crippen LogP contribution is -2.54. The van der Waals surface area contributed by atoms with Gasteiger partial charge in [-0.15, -0.1) is 0 Å². The van der Waals surface area contributed by atoms with Gasteiger partial charge in [0.1, 0.15) is 6.17 Å². The molecule has 1 amide bonds. The van der Waals surface area contributed by atoms with Crippen LogP contribution in [0.1, 0.15) is 95.2 Å². The Hall–Kier alpha value is -3.36. The third-order valence-electron chi connectivity index (χ3n) is 11.2. The Bertz CT molecular complexity index is 1470. The minimum atomic E-state index is -0.863. The van der Waals surface area contributed by atoms with E-state index in [0.717, 1.165) is 74.3 Å². The highest BCUT2D eigenvalue weighted by molar-refractivity contribution is 5.99. The summed E-state index contributed by atoms with van der Waals surface area (Å²) in [6.07, 6.45) is 12.6. The van der Waals surface area contributed by atoms with Crippen molar-refractivity contribution in [2.24, 2.45) is 16.7 Å². The first-order valence-corrected chi connectivity index (χ1v) is 15.8. The number of carbonyl (C=O) groups excluding carboxylic acids is 1. The zero-order valence-corrected chi connectivity index (χ0v) is 24.2. The number of anilines is 1. The SMILES string of the molecule is CCOc1cnc(-c2cccc(N(CC34CCC(c5nc(C6CC6)no5)(CC3)CC4)C(=O)C34CC(F)C(C3)C4)c2)nc1. The number of aromatic nitrogens is 4. The van der Waals surface area contributed by atoms with Crippen molar-refractivity contribution < 1.29 is 18.4 Å². The number of hydrogen-bond acceptors (Lipinski definition) is 7. The van der Waals surface area contributed by atoms with E-state index in [0.29, 0.717) is 49.9 Å². The van der Waals surface area contributed by atoms with Crippen LogP contribution in [0.2, 0.25) is 0 Å². The molecule has 0 saturated heterocycles. The highest BCUT2D eigenvalue weighted by Crippen LogP contribution is 2.62. The average molecular weight is 572 g/mol. The normalized spacial score (nSPS) is 32.9. The van der Waals surface area contributed by atoms with Gasteiger partial charge < -0.3 is 14.2 Å². The van der Waals surface area contributed by atoms with Gasteiger partial charge >= 0.3 is 0 Å². The van der Waals surface area contributed by atoms with E-state index in [1.165, 1.54) is 0 Å². The number of halogens is 1. The number of ether oxygens (including phenoxy) is 1. The van der Waals surface area contributed by atoms with Crippen molar-refractivity contribution >= 4 is 11.6 Å². The number of amides is 1. The first-order valence-electron chi connectivity index (χ1n) is 15.8. The fraction of sp³-hybridized carbons (Fsp3) is 0.606. The van der Waals surface area contributed by atoms with Crippen LogP contribution in [0.15, 0.2) is 41.2 Å². The van der Waals surface area contributed by atoms with E-state index in [2.05, 4.69) is 15.1 Å². The van der Waals surface area contributed by atoms with E-state index in [-0.39, 0.29) is 22.7 Å². The van der Waals surface area contributed by atoms with Crippen molar-refractivity contribution in [1.82, 2.24) is 20.1 Å². The van der Waals surface area contributed by atoms with Gasteiger partial charge in [0.05, 0.1) is 24.4 Å². The second-order valence-electron chi connectivity index (χ2n) is 13.8. The van der Waals surface area contributed by atoms with Crippen molar-refractivity contribution in [2.45, 2.75) is 95.1 Å². The Balaban J connectivity index is 1.07. The fourth-order valence-corrected chi connectivity index (χ4v) is 8.37. The number of fused-ring (bicyclic) bond motifs is 4. The summed E-state index contributed by atoms with van der Waals surface area (Å²) >= 11 is 0. The van der Waals surface area contributed by atoms with Gasteiger partial charge in [0.15, 0.2) is 17.4 Å². The van der Waals surface area contributed by atoms with Gasteiger partial charge in [0.25, 0.3) is 0 Å². The van der Waals surface area contributed by atoms with Crippen molar-refractivity contribution in [2.75, 3.05) is 18.1 Å². The summed E-state index contributed by atoms with van der Waals surface area (Å²) in [5, 5.41) is 4.31. The van der Waals surface area contributed by atoms with Crippen LogP contribution in [0, 0.1) is 16.7 Å². The molecule has 7 aliphatic rings. The molecule has 8 nitrogen and oxygen atoms in total. The Morgan fingerprint density at radius 2 is 1.81 bits per heavy atom. The van der Waals surface area contributed by atoms with E-state index >= 15 is 0 Å². The Kier molecular flexibility index (Phi) is 5.99. The van der Waals surface area contributed by atoms with E-state index in [1.807, 2.05) is 36.1 Å². The Morgan fingerprint density at radius 3 is 2.45 bits per heavy atom. The highest BCUT2D eigenvalue weighted by atomic mass is 19.1.